The van der Waals surface area contributed by atoms with Crippen LogP contribution in [0.15, 0.2) is 16.6 Å². The molecule has 0 amide bonds. The second kappa shape index (κ2) is 9.15. The minimum absolute atomic E-state index is 0. The van der Waals surface area contributed by atoms with Crippen LogP contribution in [0, 0.1) is 11.6 Å². The summed E-state index contributed by atoms with van der Waals surface area (Å²) in [6, 6.07) is 2.49. The van der Waals surface area contributed by atoms with Gasteiger partial charge in [-0.2, -0.15) is 0 Å². The number of rotatable bonds is 3. The van der Waals surface area contributed by atoms with E-state index in [-0.39, 0.29) is 36.4 Å². The van der Waals surface area contributed by atoms with Gasteiger partial charge < -0.3 is 5.32 Å². The highest BCUT2D eigenvalue weighted by atomic mass is 79.9. The molecule has 20 heavy (non-hydrogen) atoms. The number of hydrogen-bond donors (Lipinski definition) is 1. The molecule has 0 aliphatic carbocycles. The lowest BCUT2D eigenvalue weighted by atomic mass is 10.0. The normalized spacial score (nSPS) is 17.0. The molecule has 1 fully saturated rings. The predicted molar refractivity (Wildman–Crippen MR) is 86.0 cm³/mol. The molecule has 0 aromatic heterocycles. The van der Waals surface area contributed by atoms with E-state index in [1.807, 2.05) is 6.92 Å². The van der Waals surface area contributed by atoms with E-state index in [4.69, 9.17) is 0 Å². The van der Waals surface area contributed by atoms with Gasteiger partial charge in [0.05, 0.1) is 0 Å². The number of nitrogens with zero attached hydrogens (tertiary/aromatic N) is 1. The number of halogens is 5. The van der Waals surface area contributed by atoms with E-state index in [9.17, 15) is 8.78 Å². The van der Waals surface area contributed by atoms with Crippen molar-refractivity contribution in [1.82, 2.24) is 10.2 Å². The SMILES string of the molecule is CC[C@@H](c1c(F)cc(Br)cc1F)N1CCNCC1.Cl.Cl. The van der Waals surface area contributed by atoms with Gasteiger partial charge in [-0.05, 0) is 18.6 Å². The van der Waals surface area contributed by atoms with Crippen molar-refractivity contribution in [3.63, 3.8) is 0 Å². The summed E-state index contributed by atoms with van der Waals surface area (Å²) in [4.78, 5) is 2.14. The van der Waals surface area contributed by atoms with Gasteiger partial charge in [-0.3, -0.25) is 4.90 Å². The Labute approximate surface area is 139 Å². The third-order valence-corrected chi connectivity index (χ3v) is 3.81. The van der Waals surface area contributed by atoms with Gasteiger partial charge in [0.2, 0.25) is 0 Å². The first kappa shape index (κ1) is 20.1. The van der Waals surface area contributed by atoms with E-state index in [1.54, 1.807) is 0 Å². The topological polar surface area (TPSA) is 15.3 Å². The molecule has 0 unspecified atom stereocenters. The largest absolute Gasteiger partial charge is 0.314 e. The van der Waals surface area contributed by atoms with Crippen LogP contribution in [0.3, 0.4) is 0 Å². The molecule has 0 saturated carbocycles. The summed E-state index contributed by atoms with van der Waals surface area (Å²) in [6.45, 7) is 5.36. The summed E-state index contributed by atoms with van der Waals surface area (Å²) >= 11 is 3.11. The molecular weight excluding hydrogens is 373 g/mol. The monoisotopic (exact) mass is 390 g/mol. The van der Waals surface area contributed by atoms with Crippen molar-refractivity contribution in [2.45, 2.75) is 19.4 Å². The van der Waals surface area contributed by atoms with Crippen LogP contribution in [0.2, 0.25) is 0 Å². The van der Waals surface area contributed by atoms with Crippen LogP contribution in [-0.2, 0) is 0 Å². The lowest BCUT2D eigenvalue weighted by molar-refractivity contribution is 0.162. The molecule has 1 heterocycles. The molecule has 0 spiro atoms. The first-order chi connectivity index (χ1) is 8.63. The van der Waals surface area contributed by atoms with Crippen LogP contribution in [0.4, 0.5) is 8.78 Å². The fraction of sp³-hybridized carbons (Fsp3) is 0.538. The Bertz CT molecular complexity index is 406. The molecule has 1 atom stereocenters. The standard InChI is InChI=1S/C13H17BrF2N2.2ClH/c1-2-12(18-5-3-17-4-6-18)13-10(15)7-9(14)8-11(13)16;;/h7-8,12,17H,2-6H2,1H3;2*1H/t12-;;/m0../s1. The Morgan fingerprint density at radius 3 is 2.15 bits per heavy atom. The zero-order valence-corrected chi connectivity index (χ0v) is 14.4. The zero-order valence-electron chi connectivity index (χ0n) is 11.2. The van der Waals surface area contributed by atoms with E-state index in [0.717, 1.165) is 26.2 Å². The Morgan fingerprint density at radius 1 is 1.20 bits per heavy atom. The van der Waals surface area contributed by atoms with Gasteiger partial charge in [-0.1, -0.05) is 22.9 Å². The summed E-state index contributed by atoms with van der Waals surface area (Å²) < 4.78 is 28.4. The first-order valence-electron chi connectivity index (χ1n) is 6.22. The molecule has 2 nitrogen and oxygen atoms in total. The van der Waals surface area contributed by atoms with Crippen molar-refractivity contribution in [2.75, 3.05) is 26.2 Å². The highest BCUT2D eigenvalue weighted by molar-refractivity contribution is 9.10. The lowest BCUT2D eigenvalue weighted by Gasteiger charge is -2.35. The van der Waals surface area contributed by atoms with Gasteiger partial charge in [-0.15, -0.1) is 24.8 Å². The number of benzene rings is 1. The van der Waals surface area contributed by atoms with E-state index in [2.05, 4.69) is 26.1 Å². The minimum Gasteiger partial charge on any atom is -0.314 e. The molecular formula is C13H19BrCl2F2N2. The maximum absolute atomic E-state index is 14.0. The number of piperazine rings is 1. The molecule has 2 rings (SSSR count). The second-order valence-corrected chi connectivity index (χ2v) is 5.41. The molecule has 1 N–H and O–H groups in total. The summed E-state index contributed by atoms with van der Waals surface area (Å²) in [5.41, 5.74) is 0.197. The maximum Gasteiger partial charge on any atom is 0.132 e. The molecule has 0 bridgehead atoms. The average Bonchev–Trinajstić information content (AvgIpc) is 2.34. The van der Waals surface area contributed by atoms with Crippen LogP contribution < -0.4 is 5.32 Å². The van der Waals surface area contributed by atoms with E-state index < -0.39 is 11.6 Å². The molecule has 1 aromatic carbocycles. The van der Waals surface area contributed by atoms with Crippen molar-refractivity contribution in [3.8, 4) is 0 Å². The Balaban J connectivity index is 0.00000180. The lowest BCUT2D eigenvalue weighted by Crippen LogP contribution is -2.45. The van der Waals surface area contributed by atoms with Crippen LogP contribution >= 0.6 is 40.7 Å². The molecule has 1 aromatic rings. The van der Waals surface area contributed by atoms with Crippen LogP contribution in [0.25, 0.3) is 0 Å². The van der Waals surface area contributed by atoms with Crippen molar-refractivity contribution < 1.29 is 8.78 Å². The highest BCUT2D eigenvalue weighted by Gasteiger charge is 2.26. The third-order valence-electron chi connectivity index (χ3n) is 3.36. The van der Waals surface area contributed by atoms with Crippen LogP contribution in [0.1, 0.15) is 24.9 Å². The smallest absolute Gasteiger partial charge is 0.132 e. The second-order valence-electron chi connectivity index (χ2n) is 4.49. The summed E-state index contributed by atoms with van der Waals surface area (Å²) in [7, 11) is 0. The molecule has 7 heteroatoms. The van der Waals surface area contributed by atoms with Crippen LogP contribution in [0.5, 0.6) is 0 Å². The van der Waals surface area contributed by atoms with Gasteiger partial charge in [0.1, 0.15) is 11.6 Å². The van der Waals surface area contributed by atoms with Gasteiger partial charge in [0, 0.05) is 42.3 Å². The van der Waals surface area contributed by atoms with Gasteiger partial charge in [-0.25, -0.2) is 8.78 Å². The van der Waals surface area contributed by atoms with Gasteiger partial charge >= 0.3 is 0 Å². The molecule has 0 radical (unpaired) electrons. The third kappa shape index (κ3) is 4.53. The molecule has 1 aliphatic rings. The fourth-order valence-corrected chi connectivity index (χ4v) is 2.91. The van der Waals surface area contributed by atoms with E-state index >= 15 is 0 Å². The minimum atomic E-state index is -0.466. The maximum atomic E-state index is 14.0. The van der Waals surface area contributed by atoms with Crippen molar-refractivity contribution in [1.29, 1.82) is 0 Å². The van der Waals surface area contributed by atoms with Crippen molar-refractivity contribution in [3.05, 3.63) is 33.8 Å². The van der Waals surface area contributed by atoms with E-state index in [0.29, 0.717) is 10.9 Å². The molecule has 116 valence electrons. The Hall–Kier alpha value is 0.0600. The number of hydrogen-bond acceptors (Lipinski definition) is 2. The molecule has 1 saturated heterocycles. The van der Waals surface area contributed by atoms with Crippen molar-refractivity contribution in [2.24, 2.45) is 0 Å². The Kier molecular flexibility index (Phi) is 9.18. The summed E-state index contributed by atoms with van der Waals surface area (Å²) in [6.07, 6.45) is 0.704. The van der Waals surface area contributed by atoms with Crippen molar-refractivity contribution >= 4 is 40.7 Å². The quantitative estimate of drug-likeness (QED) is 0.839. The highest BCUT2D eigenvalue weighted by Crippen LogP contribution is 2.31. The number of nitrogens with one attached hydrogen (secondary N) is 1. The van der Waals surface area contributed by atoms with Crippen LogP contribution in [-0.4, -0.2) is 31.1 Å². The summed E-state index contributed by atoms with van der Waals surface area (Å²) in [5.74, 6) is -0.931. The first-order valence-corrected chi connectivity index (χ1v) is 7.02. The fourth-order valence-electron chi connectivity index (χ4n) is 2.51. The average molecular weight is 392 g/mol. The predicted octanol–water partition coefficient (Wildman–Crippen LogP) is 3.93. The van der Waals surface area contributed by atoms with Gasteiger partial charge in [0.15, 0.2) is 0 Å². The van der Waals surface area contributed by atoms with E-state index in [1.165, 1.54) is 12.1 Å². The molecule has 1 aliphatic heterocycles. The Morgan fingerprint density at radius 2 is 1.70 bits per heavy atom. The zero-order chi connectivity index (χ0) is 13.1. The van der Waals surface area contributed by atoms with Gasteiger partial charge in [0.25, 0.3) is 0 Å². The summed E-state index contributed by atoms with van der Waals surface area (Å²) in [5, 5.41) is 3.25.